The quantitative estimate of drug-likeness (QED) is 0.400. The first-order chi connectivity index (χ1) is 13.5. The van der Waals surface area contributed by atoms with Crippen LogP contribution in [0.4, 0.5) is 0 Å². The third kappa shape index (κ3) is 3.30. The predicted octanol–water partition coefficient (Wildman–Crippen LogP) is 1.43. The van der Waals surface area contributed by atoms with E-state index in [0.29, 0.717) is 29.6 Å². The molecule has 0 radical (unpaired) electrons. The minimum atomic E-state index is -1.23. The maximum Gasteiger partial charge on any atom is 0.341 e. The zero-order valence-corrected chi connectivity index (χ0v) is 14.8. The molecule has 9 heteroatoms. The maximum absolute atomic E-state index is 12.4. The monoisotopic (exact) mass is 378 g/mol. The van der Waals surface area contributed by atoms with Gasteiger partial charge >= 0.3 is 5.97 Å². The molecule has 2 aromatic carbocycles. The van der Waals surface area contributed by atoms with Crippen LogP contribution in [0.25, 0.3) is 22.1 Å². The summed E-state index contributed by atoms with van der Waals surface area (Å²) in [5.74, 6) is -0.597. The normalized spacial score (nSPS) is 12.3. The first kappa shape index (κ1) is 17.7. The summed E-state index contributed by atoms with van der Waals surface area (Å²) in [6, 6.07) is 12.6. The van der Waals surface area contributed by atoms with Gasteiger partial charge in [-0.25, -0.2) is 14.8 Å². The topological polar surface area (TPSA) is 139 Å². The molecule has 0 aliphatic heterocycles. The van der Waals surface area contributed by atoms with Crippen molar-refractivity contribution in [2.75, 3.05) is 6.54 Å². The molecule has 0 saturated carbocycles. The van der Waals surface area contributed by atoms with Gasteiger partial charge in [0.05, 0.1) is 28.4 Å². The number of para-hydroxylation sites is 2. The summed E-state index contributed by atoms with van der Waals surface area (Å²) < 4.78 is 1.35. The van der Waals surface area contributed by atoms with Crippen molar-refractivity contribution in [2.45, 2.75) is 12.6 Å². The van der Waals surface area contributed by atoms with E-state index in [4.69, 9.17) is 10.8 Å². The van der Waals surface area contributed by atoms with Crippen LogP contribution in [0.3, 0.4) is 0 Å². The van der Waals surface area contributed by atoms with Gasteiger partial charge in [-0.1, -0.05) is 12.1 Å². The van der Waals surface area contributed by atoms with E-state index >= 15 is 0 Å². The van der Waals surface area contributed by atoms with E-state index in [0.717, 1.165) is 16.9 Å². The summed E-state index contributed by atoms with van der Waals surface area (Å²) in [5.41, 5.74) is 8.97. The van der Waals surface area contributed by atoms with Crippen LogP contribution in [0.2, 0.25) is 0 Å². The molecule has 142 valence electrons. The summed E-state index contributed by atoms with van der Waals surface area (Å²) in [6.45, 7) is 0.426. The average molecular weight is 378 g/mol. The molecule has 1 unspecified atom stereocenters. The van der Waals surface area contributed by atoms with Gasteiger partial charge in [-0.2, -0.15) is 0 Å². The molecule has 0 fully saturated rings. The number of aliphatic carboxylic acids is 1. The molecule has 0 aliphatic rings. The second kappa shape index (κ2) is 7.12. The van der Waals surface area contributed by atoms with Crippen molar-refractivity contribution in [1.29, 1.82) is 0 Å². The Labute approximate surface area is 159 Å². The molecule has 2 heterocycles. The van der Waals surface area contributed by atoms with Gasteiger partial charge in [-0.15, -0.1) is 0 Å². The van der Waals surface area contributed by atoms with E-state index in [1.165, 1.54) is 10.9 Å². The van der Waals surface area contributed by atoms with E-state index in [1.54, 1.807) is 18.2 Å². The van der Waals surface area contributed by atoms with Gasteiger partial charge in [-0.3, -0.25) is 4.79 Å². The second-order valence-corrected chi connectivity index (χ2v) is 6.34. The lowest BCUT2D eigenvalue weighted by molar-refractivity contribution is -0.140. The van der Waals surface area contributed by atoms with Crippen LogP contribution in [0, 0.1) is 0 Å². The van der Waals surface area contributed by atoms with Gasteiger partial charge in [-0.05, 0) is 30.3 Å². The van der Waals surface area contributed by atoms with E-state index in [-0.39, 0.29) is 5.91 Å². The molecular formula is C19H18N6O3. The molecule has 0 bridgehead atoms. The number of nitrogens with two attached hydrogens (primary N) is 1. The van der Waals surface area contributed by atoms with Crippen LogP contribution in [-0.2, 0) is 11.2 Å². The fourth-order valence-corrected chi connectivity index (χ4v) is 3.03. The first-order valence-electron chi connectivity index (χ1n) is 8.70. The molecule has 0 aliphatic carbocycles. The number of carbonyl (C=O) groups excluding carboxylic acids is 1. The number of nitrogens with zero attached hydrogens (tertiary/aromatic N) is 3. The molecule has 28 heavy (non-hydrogen) atoms. The van der Waals surface area contributed by atoms with Gasteiger partial charge in [0.15, 0.2) is 6.17 Å². The Morgan fingerprint density at radius 1 is 1.21 bits per heavy atom. The van der Waals surface area contributed by atoms with Crippen LogP contribution in [0.1, 0.15) is 22.3 Å². The fourth-order valence-electron chi connectivity index (χ4n) is 3.03. The summed E-state index contributed by atoms with van der Waals surface area (Å²) >= 11 is 0. The third-order valence-corrected chi connectivity index (χ3v) is 4.48. The lowest BCUT2D eigenvalue weighted by atomic mass is 10.2. The Bertz CT molecular complexity index is 1150. The molecule has 1 amide bonds. The number of hydrogen-bond donors (Lipinski definition) is 4. The van der Waals surface area contributed by atoms with Crippen LogP contribution in [0.5, 0.6) is 0 Å². The molecule has 5 N–H and O–H groups in total. The Kier molecular flexibility index (Phi) is 4.50. The molecule has 0 spiro atoms. The van der Waals surface area contributed by atoms with Crippen LogP contribution in [-0.4, -0.2) is 43.0 Å². The molecule has 9 nitrogen and oxygen atoms in total. The van der Waals surface area contributed by atoms with Crippen molar-refractivity contribution in [3.05, 3.63) is 60.2 Å². The van der Waals surface area contributed by atoms with Gasteiger partial charge in [0.25, 0.3) is 5.91 Å². The van der Waals surface area contributed by atoms with Crippen molar-refractivity contribution in [1.82, 2.24) is 24.8 Å². The number of aromatic nitrogens is 4. The number of carbonyl (C=O) groups is 2. The van der Waals surface area contributed by atoms with Crippen molar-refractivity contribution in [3.63, 3.8) is 0 Å². The Balaban J connectivity index is 1.43. The van der Waals surface area contributed by atoms with E-state index in [9.17, 15) is 9.59 Å². The highest BCUT2D eigenvalue weighted by Gasteiger charge is 2.17. The minimum Gasteiger partial charge on any atom is -0.479 e. The lowest BCUT2D eigenvalue weighted by Crippen LogP contribution is -2.27. The van der Waals surface area contributed by atoms with Gasteiger partial charge in [0, 0.05) is 18.5 Å². The number of nitrogens with one attached hydrogen (secondary N) is 2. The molecule has 1 atom stereocenters. The Morgan fingerprint density at radius 3 is 2.82 bits per heavy atom. The SMILES string of the molecule is NC(C(=O)O)n1cnc2cc(C(=O)NCCc3nc4ccccc4[nH]3)ccc21. The highest BCUT2D eigenvalue weighted by atomic mass is 16.4. The number of fused-ring (bicyclic) bond motifs is 2. The molecule has 4 aromatic rings. The van der Waals surface area contributed by atoms with Crippen LogP contribution in [0.15, 0.2) is 48.8 Å². The summed E-state index contributed by atoms with van der Waals surface area (Å²) in [7, 11) is 0. The zero-order valence-electron chi connectivity index (χ0n) is 14.8. The van der Waals surface area contributed by atoms with Crippen molar-refractivity contribution in [2.24, 2.45) is 5.73 Å². The Hall–Kier alpha value is -3.72. The number of hydrogen-bond acceptors (Lipinski definition) is 5. The maximum atomic E-state index is 12.4. The Morgan fingerprint density at radius 2 is 2.04 bits per heavy atom. The number of carboxylic acids is 1. The largest absolute Gasteiger partial charge is 0.479 e. The van der Waals surface area contributed by atoms with Crippen molar-refractivity contribution >= 4 is 33.9 Å². The number of aromatic amines is 1. The number of carboxylic acid groups (broad SMARTS) is 1. The third-order valence-electron chi connectivity index (χ3n) is 4.48. The number of benzene rings is 2. The molecule has 4 rings (SSSR count). The zero-order chi connectivity index (χ0) is 19.7. The highest BCUT2D eigenvalue weighted by molar-refractivity contribution is 5.97. The van der Waals surface area contributed by atoms with Gasteiger partial charge in [0.1, 0.15) is 5.82 Å². The fraction of sp³-hybridized carbons (Fsp3) is 0.158. The van der Waals surface area contributed by atoms with Gasteiger partial charge in [0.2, 0.25) is 0 Å². The summed E-state index contributed by atoms with van der Waals surface area (Å²) in [4.78, 5) is 35.3. The summed E-state index contributed by atoms with van der Waals surface area (Å²) in [5, 5.41) is 11.9. The highest BCUT2D eigenvalue weighted by Crippen LogP contribution is 2.17. The number of rotatable bonds is 6. The van der Waals surface area contributed by atoms with Crippen molar-refractivity contribution < 1.29 is 14.7 Å². The molecule has 0 saturated heterocycles. The van der Waals surface area contributed by atoms with Crippen LogP contribution < -0.4 is 11.1 Å². The average Bonchev–Trinajstić information content (AvgIpc) is 3.30. The molecule has 2 aromatic heterocycles. The van der Waals surface area contributed by atoms with E-state index < -0.39 is 12.1 Å². The number of imidazole rings is 2. The van der Waals surface area contributed by atoms with Crippen molar-refractivity contribution in [3.8, 4) is 0 Å². The number of H-pyrrole nitrogens is 1. The van der Waals surface area contributed by atoms with Crippen LogP contribution >= 0.6 is 0 Å². The smallest absolute Gasteiger partial charge is 0.341 e. The minimum absolute atomic E-state index is 0.241. The van der Waals surface area contributed by atoms with Gasteiger partial charge < -0.3 is 25.7 Å². The van der Waals surface area contributed by atoms with E-state index in [1.807, 2.05) is 24.3 Å². The summed E-state index contributed by atoms with van der Waals surface area (Å²) in [6.07, 6.45) is 0.700. The molecular weight excluding hydrogens is 360 g/mol. The van der Waals surface area contributed by atoms with E-state index in [2.05, 4.69) is 20.3 Å². The second-order valence-electron chi connectivity index (χ2n) is 6.34. The first-order valence-corrected chi connectivity index (χ1v) is 8.70. The predicted molar refractivity (Wildman–Crippen MR) is 103 cm³/mol. The standard InChI is InChI=1S/C19H18N6O3/c20-17(19(27)28)25-10-22-14-9-11(5-6-15(14)25)18(26)21-8-7-16-23-12-3-1-2-4-13(12)24-16/h1-6,9-10,17H,7-8,20H2,(H,21,26)(H,23,24)(H,27,28). The number of amides is 1. The lowest BCUT2D eigenvalue weighted by Gasteiger charge is -2.09.